The van der Waals surface area contributed by atoms with Crippen molar-refractivity contribution in [3.63, 3.8) is 0 Å². The minimum absolute atomic E-state index is 0.249. The molecular formula is C6H6BrN3O2S2. The summed E-state index contributed by atoms with van der Waals surface area (Å²) < 4.78 is 25.7. The minimum atomic E-state index is -3.63. The van der Waals surface area contributed by atoms with E-state index in [1.807, 2.05) is 0 Å². The summed E-state index contributed by atoms with van der Waals surface area (Å²) in [7, 11) is -3.63. The largest absolute Gasteiger partial charge is 0.257 e. The number of hydrogen-bond donors (Lipinski definition) is 1. The second kappa shape index (κ2) is 4.25. The number of hydrogen-bond acceptors (Lipinski definition) is 5. The number of anilines is 1. The van der Waals surface area contributed by atoms with Crippen molar-refractivity contribution in [1.82, 2.24) is 4.98 Å². The highest BCUT2D eigenvalue weighted by Crippen LogP contribution is 2.24. The third-order valence-electron chi connectivity index (χ3n) is 1.35. The van der Waals surface area contributed by atoms with Crippen LogP contribution in [0.5, 0.6) is 0 Å². The predicted octanol–water partition coefficient (Wildman–Crippen LogP) is 1.56. The molecule has 14 heavy (non-hydrogen) atoms. The maximum Gasteiger partial charge on any atom is 0.250 e. The first-order chi connectivity index (χ1) is 6.45. The van der Waals surface area contributed by atoms with Crippen molar-refractivity contribution in [1.29, 1.82) is 5.26 Å². The maximum absolute atomic E-state index is 11.4. The molecule has 0 bridgehead atoms. The molecule has 0 aliphatic rings. The van der Waals surface area contributed by atoms with Crippen molar-refractivity contribution in [2.45, 2.75) is 12.2 Å². The van der Waals surface area contributed by atoms with Crippen LogP contribution in [0, 0.1) is 11.3 Å². The van der Waals surface area contributed by atoms with Gasteiger partial charge in [-0.25, -0.2) is 13.4 Å². The third kappa shape index (κ3) is 2.67. The minimum Gasteiger partial charge on any atom is -0.257 e. The summed E-state index contributed by atoms with van der Waals surface area (Å²) in [5, 5.41) is 7.61. The number of nitrogens with zero attached hydrogens (tertiary/aromatic N) is 2. The monoisotopic (exact) mass is 295 g/mol. The van der Waals surface area contributed by atoms with E-state index >= 15 is 0 Å². The Morgan fingerprint density at radius 2 is 2.43 bits per heavy atom. The van der Waals surface area contributed by atoms with Crippen LogP contribution < -0.4 is 4.72 Å². The van der Waals surface area contributed by atoms with Gasteiger partial charge >= 0.3 is 0 Å². The highest BCUT2D eigenvalue weighted by Gasteiger charge is 2.21. The molecule has 0 fully saturated rings. The number of halogens is 1. The van der Waals surface area contributed by atoms with E-state index in [4.69, 9.17) is 5.26 Å². The first-order valence-electron chi connectivity index (χ1n) is 3.48. The van der Waals surface area contributed by atoms with Gasteiger partial charge in [0.25, 0.3) is 10.0 Å². The maximum atomic E-state index is 11.4. The summed E-state index contributed by atoms with van der Waals surface area (Å²) >= 11 is 4.30. The smallest absolute Gasteiger partial charge is 0.250 e. The number of sulfonamides is 1. The number of nitrogens with one attached hydrogen (secondary N) is 1. The van der Waals surface area contributed by atoms with Gasteiger partial charge in [0.1, 0.15) is 0 Å². The molecule has 1 aromatic rings. The van der Waals surface area contributed by atoms with Crippen LogP contribution in [0.15, 0.2) is 9.98 Å². The van der Waals surface area contributed by atoms with Crippen LogP contribution in [-0.4, -0.2) is 18.7 Å². The molecule has 1 aromatic heterocycles. The van der Waals surface area contributed by atoms with E-state index < -0.39 is 15.3 Å². The Morgan fingerprint density at radius 1 is 1.79 bits per heavy atom. The molecule has 1 atom stereocenters. The zero-order chi connectivity index (χ0) is 10.8. The molecule has 0 amide bonds. The predicted molar refractivity (Wildman–Crippen MR) is 57.4 cm³/mol. The quantitative estimate of drug-likeness (QED) is 0.917. The van der Waals surface area contributed by atoms with Crippen LogP contribution >= 0.6 is 27.3 Å². The van der Waals surface area contributed by atoms with Gasteiger partial charge in [0, 0.05) is 0 Å². The molecule has 5 nitrogen and oxygen atoms in total. The first-order valence-corrected chi connectivity index (χ1v) is 6.64. The summed E-state index contributed by atoms with van der Waals surface area (Å²) in [5.74, 6) is 0. The molecule has 0 aromatic carbocycles. The standard InChI is InChI=1S/C6H6BrN3O2S2/c1-4(2-8)14(11,12)10-6-9-3-5(7)13-6/h3-4H,1H3,(H,9,10). The highest BCUT2D eigenvalue weighted by atomic mass is 79.9. The lowest BCUT2D eigenvalue weighted by Crippen LogP contribution is -2.23. The van der Waals surface area contributed by atoms with E-state index in [1.54, 1.807) is 6.07 Å². The molecule has 0 saturated carbocycles. The van der Waals surface area contributed by atoms with Gasteiger partial charge in [-0.2, -0.15) is 5.26 Å². The van der Waals surface area contributed by atoms with Crippen LogP contribution in [0.3, 0.4) is 0 Å². The topological polar surface area (TPSA) is 82.8 Å². The van der Waals surface area contributed by atoms with Crippen molar-refractivity contribution < 1.29 is 8.42 Å². The molecule has 0 saturated heterocycles. The van der Waals surface area contributed by atoms with Crippen LogP contribution in [0.4, 0.5) is 5.13 Å². The number of rotatable bonds is 3. The van der Waals surface area contributed by atoms with Crippen molar-refractivity contribution in [3.8, 4) is 6.07 Å². The lowest BCUT2D eigenvalue weighted by Gasteiger charge is -2.04. The normalized spacial score (nSPS) is 13.2. The molecule has 0 aliphatic heterocycles. The molecule has 1 unspecified atom stereocenters. The van der Waals surface area contributed by atoms with Crippen LogP contribution in [0.2, 0.25) is 0 Å². The zero-order valence-electron chi connectivity index (χ0n) is 7.06. The summed E-state index contributed by atoms with van der Waals surface area (Å²) in [6.45, 7) is 1.31. The van der Waals surface area contributed by atoms with E-state index in [-0.39, 0.29) is 5.13 Å². The molecule has 1 rings (SSSR count). The van der Waals surface area contributed by atoms with Crippen molar-refractivity contribution in [2.75, 3.05) is 4.72 Å². The Morgan fingerprint density at radius 3 is 2.86 bits per heavy atom. The van der Waals surface area contributed by atoms with Gasteiger partial charge in [-0.05, 0) is 22.9 Å². The van der Waals surface area contributed by atoms with E-state index in [0.29, 0.717) is 0 Å². The fraction of sp³-hybridized carbons (Fsp3) is 0.333. The average Bonchev–Trinajstić information content (AvgIpc) is 2.48. The molecule has 0 aliphatic carbocycles. The molecule has 1 N–H and O–H groups in total. The Balaban J connectivity index is 2.85. The fourth-order valence-corrected chi connectivity index (χ4v) is 2.67. The first kappa shape index (κ1) is 11.4. The molecule has 0 spiro atoms. The second-order valence-corrected chi connectivity index (χ2v) is 6.80. The summed E-state index contributed by atoms with van der Waals surface area (Å²) in [6.07, 6.45) is 1.49. The van der Waals surface area contributed by atoms with Crippen molar-refractivity contribution in [2.24, 2.45) is 0 Å². The second-order valence-electron chi connectivity index (χ2n) is 2.39. The van der Waals surface area contributed by atoms with Gasteiger partial charge < -0.3 is 0 Å². The zero-order valence-corrected chi connectivity index (χ0v) is 10.3. The Hall–Kier alpha value is -0.650. The third-order valence-corrected chi connectivity index (χ3v) is 4.39. The summed E-state index contributed by atoms with van der Waals surface area (Å²) in [5.41, 5.74) is 0. The van der Waals surface area contributed by atoms with Crippen molar-refractivity contribution >= 4 is 42.4 Å². The Kier molecular flexibility index (Phi) is 3.47. The lowest BCUT2D eigenvalue weighted by atomic mass is 10.5. The fourth-order valence-electron chi connectivity index (χ4n) is 0.581. The lowest BCUT2D eigenvalue weighted by molar-refractivity contribution is 0.597. The number of nitriles is 1. The van der Waals surface area contributed by atoms with E-state index in [2.05, 4.69) is 25.6 Å². The molecule has 1 heterocycles. The molecule has 8 heteroatoms. The molecular weight excluding hydrogens is 290 g/mol. The Bertz CT molecular complexity index is 462. The highest BCUT2D eigenvalue weighted by molar-refractivity contribution is 9.11. The van der Waals surface area contributed by atoms with Crippen molar-refractivity contribution in [3.05, 3.63) is 9.98 Å². The Labute approximate surface area is 94.0 Å². The van der Waals surface area contributed by atoms with E-state index in [0.717, 1.165) is 15.1 Å². The molecule has 0 radical (unpaired) electrons. The summed E-state index contributed by atoms with van der Waals surface area (Å²) in [6, 6.07) is 1.65. The van der Waals surface area contributed by atoms with Gasteiger partial charge in [0.05, 0.1) is 16.1 Å². The van der Waals surface area contributed by atoms with E-state index in [1.165, 1.54) is 13.1 Å². The van der Waals surface area contributed by atoms with Crippen LogP contribution in [-0.2, 0) is 10.0 Å². The van der Waals surface area contributed by atoms with Crippen LogP contribution in [0.1, 0.15) is 6.92 Å². The van der Waals surface area contributed by atoms with Gasteiger partial charge in [-0.15, -0.1) is 0 Å². The average molecular weight is 296 g/mol. The number of aromatic nitrogens is 1. The van der Waals surface area contributed by atoms with Gasteiger partial charge in [0.15, 0.2) is 10.4 Å². The van der Waals surface area contributed by atoms with E-state index in [9.17, 15) is 8.42 Å². The SMILES string of the molecule is CC(C#N)S(=O)(=O)Nc1ncc(Br)s1. The van der Waals surface area contributed by atoms with Gasteiger partial charge in [-0.1, -0.05) is 11.3 Å². The summed E-state index contributed by atoms with van der Waals surface area (Å²) in [4.78, 5) is 3.79. The van der Waals surface area contributed by atoms with Gasteiger partial charge in [0.2, 0.25) is 0 Å². The van der Waals surface area contributed by atoms with Gasteiger partial charge in [-0.3, -0.25) is 4.72 Å². The number of thiazole rings is 1. The molecule has 76 valence electrons. The van der Waals surface area contributed by atoms with Crippen LogP contribution in [0.25, 0.3) is 0 Å².